The van der Waals surface area contributed by atoms with Gasteiger partial charge >= 0.3 is 0 Å². The van der Waals surface area contributed by atoms with Crippen molar-refractivity contribution in [2.45, 2.75) is 12.6 Å². The van der Waals surface area contributed by atoms with Crippen molar-refractivity contribution in [1.29, 1.82) is 0 Å². The van der Waals surface area contributed by atoms with Crippen LogP contribution in [0.15, 0.2) is 48.8 Å². The number of β-amino-alcohol motifs (C(OH)–C–C–N with tert-alkyl or cyclic N) is 1. The van der Waals surface area contributed by atoms with Gasteiger partial charge in [0.15, 0.2) is 0 Å². The lowest BCUT2D eigenvalue weighted by Gasteiger charge is -2.28. The van der Waals surface area contributed by atoms with Crippen LogP contribution in [0.5, 0.6) is 11.5 Å². The van der Waals surface area contributed by atoms with Gasteiger partial charge in [0.25, 0.3) is 0 Å². The minimum absolute atomic E-state index is 0.285. The number of pyridine rings is 1. The van der Waals surface area contributed by atoms with E-state index in [4.69, 9.17) is 14.2 Å². The Hall–Kier alpha value is -2.19. The molecule has 0 bridgehead atoms. The van der Waals surface area contributed by atoms with Gasteiger partial charge in [0.05, 0.1) is 19.4 Å². The van der Waals surface area contributed by atoms with Crippen LogP contribution in [0, 0.1) is 0 Å². The highest BCUT2D eigenvalue weighted by molar-refractivity contribution is 5.28. The Morgan fingerprint density at radius 1 is 1.14 bits per heavy atom. The third-order valence-corrected chi connectivity index (χ3v) is 4.42. The van der Waals surface area contributed by atoms with Crippen LogP contribution in [0.2, 0.25) is 0 Å². The molecule has 152 valence electrons. The first-order valence-corrected chi connectivity index (χ1v) is 9.73. The number of aliphatic hydroxyl groups is 1. The summed E-state index contributed by atoms with van der Waals surface area (Å²) in [4.78, 5) is 6.22. The smallest absolute Gasteiger partial charge is 0.137 e. The van der Waals surface area contributed by atoms with Crippen molar-refractivity contribution in [3.63, 3.8) is 0 Å². The van der Waals surface area contributed by atoms with Gasteiger partial charge in [0.1, 0.15) is 30.8 Å². The van der Waals surface area contributed by atoms with E-state index in [2.05, 4.69) is 15.2 Å². The van der Waals surface area contributed by atoms with Crippen LogP contribution in [0.3, 0.4) is 0 Å². The number of nitrogens with zero attached hydrogens (tertiary/aromatic N) is 2. The Morgan fingerprint density at radius 3 is 2.82 bits per heavy atom. The highest BCUT2D eigenvalue weighted by atomic mass is 16.5. The van der Waals surface area contributed by atoms with Gasteiger partial charge in [0.2, 0.25) is 0 Å². The molecule has 7 nitrogen and oxygen atoms in total. The van der Waals surface area contributed by atoms with Gasteiger partial charge in [-0.3, -0.25) is 9.88 Å². The predicted molar refractivity (Wildman–Crippen MR) is 107 cm³/mol. The molecule has 2 aromatic rings. The molecule has 0 radical (unpaired) electrons. The highest BCUT2D eigenvalue weighted by Crippen LogP contribution is 2.14. The van der Waals surface area contributed by atoms with E-state index in [1.54, 1.807) is 12.4 Å². The number of rotatable bonds is 11. The molecule has 2 heterocycles. The third kappa shape index (κ3) is 7.44. The van der Waals surface area contributed by atoms with Crippen molar-refractivity contribution >= 4 is 0 Å². The number of hydrogen-bond donors (Lipinski definition) is 2. The Balaban J connectivity index is 1.32. The molecular formula is C21H29N3O4. The number of nitrogens with one attached hydrogen (secondary N) is 1. The molecule has 1 aliphatic rings. The van der Waals surface area contributed by atoms with E-state index >= 15 is 0 Å². The summed E-state index contributed by atoms with van der Waals surface area (Å²) in [5.41, 5.74) is 1.13. The standard InChI is InChI=1S/C21H29N3O4/c25-19(16-24-8-11-26-12-9-24)17-28-20-4-1-3-18(13-20)14-23-7-10-27-21-5-2-6-22-15-21/h1-6,13,15,19,23,25H,7-12,14,16-17H2/t19-/m1/s1. The largest absolute Gasteiger partial charge is 0.491 e. The van der Waals surface area contributed by atoms with Crippen LogP contribution < -0.4 is 14.8 Å². The summed E-state index contributed by atoms with van der Waals surface area (Å²) in [6.07, 6.45) is 2.92. The Kier molecular flexibility index (Phi) is 8.52. The zero-order chi connectivity index (χ0) is 19.4. The van der Waals surface area contributed by atoms with Crippen molar-refractivity contribution in [1.82, 2.24) is 15.2 Å². The summed E-state index contributed by atoms with van der Waals surface area (Å²) >= 11 is 0. The minimum atomic E-state index is -0.510. The number of hydrogen-bond acceptors (Lipinski definition) is 7. The summed E-state index contributed by atoms with van der Waals surface area (Å²) < 4.78 is 16.7. The fraction of sp³-hybridized carbons (Fsp3) is 0.476. The summed E-state index contributed by atoms with van der Waals surface area (Å²) in [6.45, 7) is 6.13. The SMILES string of the molecule is O[C@@H](COc1cccc(CNCCOc2cccnc2)c1)CN1CCOCC1. The van der Waals surface area contributed by atoms with Crippen LogP contribution >= 0.6 is 0 Å². The van der Waals surface area contributed by atoms with Crippen molar-refractivity contribution in [3.05, 3.63) is 54.4 Å². The molecule has 1 aliphatic heterocycles. The van der Waals surface area contributed by atoms with E-state index in [-0.39, 0.29) is 6.61 Å². The molecule has 1 aromatic carbocycles. The highest BCUT2D eigenvalue weighted by Gasteiger charge is 2.15. The molecule has 0 saturated carbocycles. The summed E-state index contributed by atoms with van der Waals surface area (Å²) in [5, 5.41) is 13.5. The first-order chi connectivity index (χ1) is 13.8. The minimum Gasteiger partial charge on any atom is -0.491 e. The average Bonchev–Trinajstić information content (AvgIpc) is 2.74. The maximum atomic E-state index is 10.2. The van der Waals surface area contributed by atoms with E-state index in [1.807, 2.05) is 36.4 Å². The third-order valence-electron chi connectivity index (χ3n) is 4.42. The van der Waals surface area contributed by atoms with Gasteiger partial charge in [0, 0.05) is 38.9 Å². The Morgan fingerprint density at radius 2 is 2.00 bits per heavy atom. The van der Waals surface area contributed by atoms with Gasteiger partial charge in [-0.15, -0.1) is 0 Å². The summed E-state index contributed by atoms with van der Waals surface area (Å²) in [6, 6.07) is 11.7. The molecule has 1 fully saturated rings. The maximum Gasteiger partial charge on any atom is 0.137 e. The number of ether oxygens (including phenoxy) is 3. The molecule has 28 heavy (non-hydrogen) atoms. The van der Waals surface area contributed by atoms with Crippen molar-refractivity contribution in [2.24, 2.45) is 0 Å². The molecule has 0 amide bonds. The zero-order valence-electron chi connectivity index (χ0n) is 16.1. The summed E-state index contributed by atoms with van der Waals surface area (Å²) in [7, 11) is 0. The fourth-order valence-electron chi connectivity index (χ4n) is 2.98. The second kappa shape index (κ2) is 11.6. The fourth-order valence-corrected chi connectivity index (χ4v) is 2.98. The quantitative estimate of drug-likeness (QED) is 0.563. The van der Waals surface area contributed by atoms with E-state index < -0.39 is 6.10 Å². The number of morpholine rings is 1. The molecule has 7 heteroatoms. The van der Waals surface area contributed by atoms with Gasteiger partial charge in [-0.2, -0.15) is 0 Å². The van der Waals surface area contributed by atoms with Crippen molar-refractivity contribution < 1.29 is 19.3 Å². The molecule has 0 aliphatic carbocycles. The lowest BCUT2D eigenvalue weighted by Crippen LogP contribution is -2.42. The molecule has 1 aromatic heterocycles. The number of benzene rings is 1. The van der Waals surface area contributed by atoms with Gasteiger partial charge in [-0.1, -0.05) is 12.1 Å². The molecular weight excluding hydrogens is 358 g/mol. The van der Waals surface area contributed by atoms with Crippen LogP contribution in [-0.4, -0.2) is 73.7 Å². The maximum absolute atomic E-state index is 10.2. The van der Waals surface area contributed by atoms with E-state index in [9.17, 15) is 5.11 Å². The molecule has 0 spiro atoms. The van der Waals surface area contributed by atoms with E-state index in [0.717, 1.165) is 56.5 Å². The lowest BCUT2D eigenvalue weighted by atomic mass is 10.2. The zero-order valence-corrected chi connectivity index (χ0v) is 16.1. The molecule has 1 saturated heterocycles. The lowest BCUT2D eigenvalue weighted by molar-refractivity contribution is 0.00465. The topological polar surface area (TPSA) is 76.1 Å². The monoisotopic (exact) mass is 387 g/mol. The first kappa shape index (κ1) is 20.5. The Bertz CT molecular complexity index is 680. The van der Waals surface area contributed by atoms with Crippen LogP contribution in [-0.2, 0) is 11.3 Å². The predicted octanol–water partition coefficient (Wildman–Crippen LogP) is 1.32. The van der Waals surface area contributed by atoms with E-state index in [1.165, 1.54) is 0 Å². The van der Waals surface area contributed by atoms with Gasteiger partial charge in [-0.05, 0) is 29.8 Å². The second-order valence-corrected chi connectivity index (χ2v) is 6.74. The first-order valence-electron chi connectivity index (χ1n) is 9.73. The van der Waals surface area contributed by atoms with Gasteiger partial charge < -0.3 is 24.6 Å². The van der Waals surface area contributed by atoms with Crippen LogP contribution in [0.1, 0.15) is 5.56 Å². The van der Waals surface area contributed by atoms with Crippen LogP contribution in [0.25, 0.3) is 0 Å². The van der Waals surface area contributed by atoms with Crippen LogP contribution in [0.4, 0.5) is 0 Å². The molecule has 1 atom stereocenters. The number of aliphatic hydroxyl groups excluding tert-OH is 1. The number of aromatic nitrogens is 1. The molecule has 3 rings (SSSR count). The summed E-state index contributed by atoms with van der Waals surface area (Å²) in [5.74, 6) is 1.54. The second-order valence-electron chi connectivity index (χ2n) is 6.74. The van der Waals surface area contributed by atoms with E-state index in [0.29, 0.717) is 13.2 Å². The molecule has 0 unspecified atom stereocenters. The molecule has 2 N–H and O–H groups in total. The van der Waals surface area contributed by atoms with Crippen molar-refractivity contribution in [3.8, 4) is 11.5 Å². The van der Waals surface area contributed by atoms with Crippen molar-refractivity contribution in [2.75, 3.05) is 52.6 Å². The average molecular weight is 387 g/mol. The Labute approximate surface area is 166 Å². The normalized spacial score (nSPS) is 15.9. The van der Waals surface area contributed by atoms with Gasteiger partial charge in [-0.25, -0.2) is 0 Å².